The minimum Gasteiger partial charge on any atom is -0.493 e. The quantitative estimate of drug-likeness (QED) is 0.691. The lowest BCUT2D eigenvalue weighted by atomic mass is 9.87. The topological polar surface area (TPSA) is 64.8 Å². The van der Waals surface area contributed by atoms with Crippen LogP contribution in [0.2, 0.25) is 0 Å². The van der Waals surface area contributed by atoms with Crippen LogP contribution in [0.3, 0.4) is 0 Å². The molecule has 0 aliphatic carbocycles. The summed E-state index contributed by atoms with van der Waals surface area (Å²) in [6.07, 6.45) is 0.724. The van der Waals surface area contributed by atoms with Crippen molar-refractivity contribution in [3.63, 3.8) is 0 Å². The second-order valence-corrected chi connectivity index (χ2v) is 6.79. The number of fused-ring (bicyclic) bond motifs is 1. The van der Waals surface area contributed by atoms with E-state index < -0.39 is 0 Å². The van der Waals surface area contributed by atoms with Gasteiger partial charge in [0.2, 0.25) is 0 Å². The van der Waals surface area contributed by atoms with Crippen LogP contribution < -0.4 is 9.47 Å². The van der Waals surface area contributed by atoms with E-state index in [9.17, 15) is 4.79 Å². The lowest BCUT2D eigenvalue weighted by molar-refractivity contribution is 0.0683. The smallest absolute Gasteiger partial charge is 0.276 e. The molecule has 1 amide bonds. The van der Waals surface area contributed by atoms with Gasteiger partial charge in [0, 0.05) is 12.6 Å². The van der Waals surface area contributed by atoms with Crippen LogP contribution in [-0.4, -0.2) is 36.7 Å². The first kappa shape index (κ1) is 18.1. The zero-order valence-corrected chi connectivity index (χ0v) is 16.1. The third-order valence-corrected chi connectivity index (χ3v) is 5.10. The zero-order valence-electron chi connectivity index (χ0n) is 16.1. The Hall–Kier alpha value is -3.28. The Morgan fingerprint density at radius 2 is 1.82 bits per heavy atom. The van der Waals surface area contributed by atoms with Gasteiger partial charge in [-0.05, 0) is 42.2 Å². The van der Waals surface area contributed by atoms with Crippen LogP contribution in [0.5, 0.6) is 11.5 Å². The van der Waals surface area contributed by atoms with E-state index in [-0.39, 0.29) is 11.9 Å². The van der Waals surface area contributed by atoms with Crippen LogP contribution in [-0.2, 0) is 6.42 Å². The number of aromatic nitrogens is 1. The van der Waals surface area contributed by atoms with Crippen molar-refractivity contribution in [2.45, 2.75) is 19.4 Å². The number of ether oxygens (including phenoxy) is 2. The number of hydrogen-bond donors (Lipinski definition) is 0. The van der Waals surface area contributed by atoms with Crippen molar-refractivity contribution in [2.24, 2.45) is 0 Å². The number of benzene rings is 2. The van der Waals surface area contributed by atoms with Gasteiger partial charge in [-0.3, -0.25) is 4.79 Å². The minimum atomic E-state index is -0.241. The van der Waals surface area contributed by atoms with Gasteiger partial charge in [-0.2, -0.15) is 0 Å². The molecule has 1 aliphatic rings. The summed E-state index contributed by atoms with van der Waals surface area (Å²) in [5, 5.41) is 3.93. The molecule has 0 radical (unpaired) electrons. The summed E-state index contributed by atoms with van der Waals surface area (Å²) in [4.78, 5) is 15.1. The highest BCUT2D eigenvalue weighted by Crippen LogP contribution is 2.41. The van der Waals surface area contributed by atoms with E-state index in [2.05, 4.69) is 5.16 Å². The summed E-state index contributed by atoms with van der Waals surface area (Å²) in [5.74, 6) is 1.81. The first-order valence-corrected chi connectivity index (χ1v) is 9.16. The van der Waals surface area contributed by atoms with Gasteiger partial charge >= 0.3 is 0 Å². The number of aryl methyl sites for hydroxylation is 1. The van der Waals surface area contributed by atoms with E-state index >= 15 is 0 Å². The molecule has 2 aromatic carbocycles. The molecule has 4 rings (SSSR count). The second kappa shape index (κ2) is 7.38. The number of rotatable bonds is 4. The highest BCUT2D eigenvalue weighted by molar-refractivity contribution is 5.93. The fourth-order valence-corrected chi connectivity index (χ4v) is 3.77. The van der Waals surface area contributed by atoms with E-state index in [0.29, 0.717) is 29.5 Å². The monoisotopic (exact) mass is 378 g/mol. The molecule has 0 saturated carbocycles. The van der Waals surface area contributed by atoms with Crippen molar-refractivity contribution < 1.29 is 18.8 Å². The molecule has 1 aliphatic heterocycles. The predicted octanol–water partition coefficient (Wildman–Crippen LogP) is 3.79. The highest BCUT2D eigenvalue weighted by Gasteiger charge is 2.34. The van der Waals surface area contributed by atoms with Crippen molar-refractivity contribution in [3.05, 3.63) is 76.7 Å². The molecule has 1 atom stereocenters. The Kier molecular flexibility index (Phi) is 4.77. The van der Waals surface area contributed by atoms with Crippen molar-refractivity contribution in [1.29, 1.82) is 0 Å². The van der Waals surface area contributed by atoms with Gasteiger partial charge in [-0.25, -0.2) is 0 Å². The lowest BCUT2D eigenvalue weighted by Gasteiger charge is -2.37. The fourth-order valence-electron chi connectivity index (χ4n) is 3.77. The van der Waals surface area contributed by atoms with Gasteiger partial charge in [0.15, 0.2) is 17.2 Å². The van der Waals surface area contributed by atoms with Crippen LogP contribution in [0.15, 0.2) is 53.1 Å². The van der Waals surface area contributed by atoms with Crippen LogP contribution in [0.4, 0.5) is 0 Å². The molecule has 0 N–H and O–H groups in total. The molecule has 0 saturated heterocycles. The maximum atomic E-state index is 13.2. The average Bonchev–Trinajstić information content (AvgIpc) is 3.18. The first-order valence-electron chi connectivity index (χ1n) is 9.16. The third-order valence-electron chi connectivity index (χ3n) is 5.10. The van der Waals surface area contributed by atoms with Crippen molar-refractivity contribution in [3.8, 4) is 11.5 Å². The average molecular weight is 378 g/mol. The molecule has 6 nitrogen and oxygen atoms in total. The maximum absolute atomic E-state index is 13.2. The molecule has 28 heavy (non-hydrogen) atoms. The van der Waals surface area contributed by atoms with Crippen LogP contribution in [0, 0.1) is 6.92 Å². The Bertz CT molecular complexity index is 997. The van der Waals surface area contributed by atoms with Gasteiger partial charge in [0.25, 0.3) is 5.91 Å². The van der Waals surface area contributed by atoms with Crippen molar-refractivity contribution >= 4 is 5.91 Å². The normalized spacial score (nSPS) is 15.8. The Morgan fingerprint density at radius 1 is 1.11 bits per heavy atom. The number of amides is 1. The molecule has 0 fully saturated rings. The summed E-state index contributed by atoms with van der Waals surface area (Å²) in [5.41, 5.74) is 3.53. The fraction of sp³-hybridized carbons (Fsp3) is 0.273. The van der Waals surface area contributed by atoms with E-state index in [4.69, 9.17) is 14.0 Å². The standard InChI is InChI=1S/C22H22N2O4/c1-14-11-18(23-28-14)22(25)24-10-9-16-12-19(26-2)20(27-3)13-17(16)21(24)15-7-5-4-6-8-15/h4-8,11-13,21H,9-10H2,1-3H3. The largest absolute Gasteiger partial charge is 0.493 e. The van der Waals surface area contributed by atoms with E-state index in [1.807, 2.05) is 47.4 Å². The number of carbonyl (C=O) groups is 1. The first-order chi connectivity index (χ1) is 13.6. The van der Waals surface area contributed by atoms with Gasteiger partial charge in [-0.15, -0.1) is 0 Å². The summed E-state index contributed by atoms with van der Waals surface area (Å²) >= 11 is 0. The number of carbonyl (C=O) groups excluding carboxylic acids is 1. The Balaban J connectivity index is 1.84. The second-order valence-electron chi connectivity index (χ2n) is 6.79. The molecule has 1 unspecified atom stereocenters. The number of hydrogen-bond acceptors (Lipinski definition) is 5. The SMILES string of the molecule is COc1cc2c(cc1OC)C(c1ccccc1)N(C(=O)c1cc(C)on1)CC2. The maximum Gasteiger partial charge on any atom is 0.276 e. The van der Waals surface area contributed by atoms with Crippen molar-refractivity contribution in [2.75, 3.05) is 20.8 Å². The van der Waals surface area contributed by atoms with Crippen LogP contribution >= 0.6 is 0 Å². The van der Waals surface area contributed by atoms with Crippen LogP contribution in [0.25, 0.3) is 0 Å². The molecule has 144 valence electrons. The molecule has 6 heteroatoms. The van der Waals surface area contributed by atoms with Gasteiger partial charge in [0.1, 0.15) is 5.76 Å². The molecule has 0 bridgehead atoms. The summed E-state index contributed by atoms with van der Waals surface area (Å²) in [7, 11) is 3.25. The Morgan fingerprint density at radius 3 is 2.46 bits per heavy atom. The summed E-state index contributed by atoms with van der Waals surface area (Å²) in [6.45, 7) is 2.36. The van der Waals surface area contributed by atoms with Gasteiger partial charge < -0.3 is 18.9 Å². The van der Waals surface area contributed by atoms with Crippen molar-refractivity contribution in [1.82, 2.24) is 10.1 Å². The predicted molar refractivity (Wildman–Crippen MR) is 104 cm³/mol. The Labute approximate surface area is 163 Å². The van der Waals surface area contributed by atoms with Crippen LogP contribution in [0.1, 0.15) is 39.0 Å². The molecular weight excluding hydrogens is 356 g/mol. The lowest BCUT2D eigenvalue weighted by Crippen LogP contribution is -2.40. The highest BCUT2D eigenvalue weighted by atomic mass is 16.5. The summed E-state index contributed by atoms with van der Waals surface area (Å²) in [6, 6.07) is 15.4. The third kappa shape index (κ3) is 3.11. The summed E-state index contributed by atoms with van der Waals surface area (Å²) < 4.78 is 16.1. The number of methoxy groups -OCH3 is 2. The molecular formula is C22H22N2O4. The van der Waals surface area contributed by atoms with Gasteiger partial charge in [-0.1, -0.05) is 35.5 Å². The number of nitrogens with zero attached hydrogens (tertiary/aromatic N) is 2. The van der Waals surface area contributed by atoms with Gasteiger partial charge in [0.05, 0.1) is 20.3 Å². The molecule has 1 aromatic heterocycles. The van der Waals surface area contributed by atoms with E-state index in [1.54, 1.807) is 27.2 Å². The zero-order chi connectivity index (χ0) is 19.7. The van der Waals surface area contributed by atoms with E-state index in [0.717, 1.165) is 23.1 Å². The van der Waals surface area contributed by atoms with E-state index in [1.165, 1.54) is 0 Å². The molecule has 3 aromatic rings. The molecule has 0 spiro atoms. The minimum absolute atomic E-state index is 0.147. The molecule has 2 heterocycles.